The zero-order valence-electron chi connectivity index (χ0n) is 14.7. The van der Waals surface area contributed by atoms with Gasteiger partial charge in [0.1, 0.15) is 0 Å². The Morgan fingerprint density at radius 3 is 2.81 bits per heavy atom. The Bertz CT molecular complexity index is 1140. The Morgan fingerprint density at radius 2 is 2.00 bits per heavy atom. The maximum atomic E-state index is 12.4. The fourth-order valence-corrected chi connectivity index (χ4v) is 3.24. The smallest absolute Gasteiger partial charge is 0.234 e. The summed E-state index contributed by atoms with van der Waals surface area (Å²) in [4.78, 5) is 21.3. The van der Waals surface area contributed by atoms with Gasteiger partial charge in [-0.1, -0.05) is 41.9 Å². The first-order chi connectivity index (χ1) is 13.1. The van der Waals surface area contributed by atoms with Crippen LogP contribution in [0.5, 0.6) is 0 Å². The van der Waals surface area contributed by atoms with Crippen LogP contribution >= 0.6 is 11.6 Å². The van der Waals surface area contributed by atoms with Gasteiger partial charge in [-0.05, 0) is 36.8 Å². The second kappa shape index (κ2) is 7.21. The van der Waals surface area contributed by atoms with Gasteiger partial charge < -0.3 is 5.32 Å². The van der Waals surface area contributed by atoms with Crippen LogP contribution in [0.25, 0.3) is 17.0 Å². The van der Waals surface area contributed by atoms with E-state index < -0.39 is 0 Å². The number of aryl methyl sites for hydroxylation is 1. The van der Waals surface area contributed by atoms with E-state index in [0.717, 1.165) is 22.5 Å². The van der Waals surface area contributed by atoms with E-state index in [2.05, 4.69) is 15.3 Å². The molecule has 1 N–H and O–H groups in total. The Kier molecular flexibility index (Phi) is 4.60. The summed E-state index contributed by atoms with van der Waals surface area (Å²) in [5, 5.41) is 3.53. The Labute approximate surface area is 161 Å². The number of hydrogen-bond acceptors (Lipinski definition) is 3. The lowest BCUT2D eigenvalue weighted by molar-refractivity contribution is -0.115. The molecule has 5 nitrogen and oxygen atoms in total. The van der Waals surface area contributed by atoms with Gasteiger partial charge in [0.05, 0.1) is 12.1 Å². The van der Waals surface area contributed by atoms with Crippen molar-refractivity contribution in [1.82, 2.24) is 14.4 Å². The molecule has 4 rings (SSSR count). The molecule has 0 saturated carbocycles. The number of hydrogen-bond donors (Lipinski definition) is 1. The van der Waals surface area contributed by atoms with E-state index >= 15 is 0 Å². The molecule has 0 fully saturated rings. The van der Waals surface area contributed by atoms with Crippen LogP contribution in [0.2, 0.25) is 5.02 Å². The topological polar surface area (TPSA) is 59.3 Å². The number of anilines is 1. The number of carbonyl (C=O) groups is 1. The van der Waals surface area contributed by atoms with Crippen molar-refractivity contribution in [1.29, 1.82) is 0 Å². The summed E-state index contributed by atoms with van der Waals surface area (Å²) in [6.07, 6.45) is 3.88. The van der Waals surface area contributed by atoms with Gasteiger partial charge in [-0.15, -0.1) is 0 Å². The van der Waals surface area contributed by atoms with Gasteiger partial charge in [0, 0.05) is 34.4 Å². The van der Waals surface area contributed by atoms with Crippen LogP contribution in [0.4, 0.5) is 5.69 Å². The highest BCUT2D eigenvalue weighted by Crippen LogP contribution is 2.26. The maximum Gasteiger partial charge on any atom is 0.234 e. The van der Waals surface area contributed by atoms with Crippen molar-refractivity contribution in [3.8, 4) is 11.3 Å². The molecule has 2 heterocycles. The molecule has 0 aliphatic heterocycles. The minimum Gasteiger partial charge on any atom is -0.326 e. The fourth-order valence-electron chi connectivity index (χ4n) is 3.04. The van der Waals surface area contributed by atoms with Crippen molar-refractivity contribution in [2.24, 2.45) is 0 Å². The number of carbonyl (C=O) groups excluding carboxylic acids is 1. The zero-order valence-corrected chi connectivity index (χ0v) is 15.4. The van der Waals surface area contributed by atoms with E-state index in [-0.39, 0.29) is 12.3 Å². The van der Waals surface area contributed by atoms with Gasteiger partial charge in [0.15, 0.2) is 0 Å². The first-order valence-corrected chi connectivity index (χ1v) is 8.93. The monoisotopic (exact) mass is 376 g/mol. The molecule has 4 aromatic rings. The molecule has 6 heteroatoms. The van der Waals surface area contributed by atoms with Crippen LogP contribution in [0.1, 0.15) is 11.3 Å². The van der Waals surface area contributed by atoms with Crippen LogP contribution in [0.3, 0.4) is 0 Å². The molecule has 0 unspecified atom stereocenters. The summed E-state index contributed by atoms with van der Waals surface area (Å²) in [5.74, 6) is 0.534. The van der Waals surface area contributed by atoms with Crippen LogP contribution in [-0.4, -0.2) is 20.3 Å². The first-order valence-electron chi connectivity index (χ1n) is 8.55. The molecular weight excluding hydrogens is 360 g/mol. The highest BCUT2D eigenvalue weighted by Gasteiger charge is 2.12. The SMILES string of the molecule is Cc1c(-c2cccc(NC(=O)Cc3ccccc3Cl)c2)nc2ncccn12. The molecule has 0 aliphatic rings. The third-order valence-corrected chi connectivity index (χ3v) is 4.74. The number of amides is 1. The van der Waals surface area contributed by atoms with Crippen molar-refractivity contribution < 1.29 is 4.79 Å². The third kappa shape index (κ3) is 3.55. The Balaban J connectivity index is 1.58. The number of aromatic nitrogens is 3. The number of imidazole rings is 1. The van der Waals surface area contributed by atoms with E-state index in [1.807, 2.05) is 66.1 Å². The quantitative estimate of drug-likeness (QED) is 0.568. The lowest BCUT2D eigenvalue weighted by Crippen LogP contribution is -2.14. The standard InChI is InChI=1S/C21H17ClN4O/c1-14-20(25-21-23-10-5-11-26(14)21)16-7-4-8-17(12-16)24-19(27)13-15-6-2-3-9-18(15)22/h2-12H,13H2,1H3,(H,24,27). The number of nitrogens with one attached hydrogen (secondary N) is 1. The number of halogens is 1. The third-order valence-electron chi connectivity index (χ3n) is 4.37. The molecule has 1 amide bonds. The summed E-state index contributed by atoms with van der Waals surface area (Å²) < 4.78 is 1.94. The van der Waals surface area contributed by atoms with Gasteiger partial charge in [0.25, 0.3) is 0 Å². The average molecular weight is 377 g/mol. The van der Waals surface area contributed by atoms with Gasteiger partial charge in [-0.25, -0.2) is 9.97 Å². The summed E-state index contributed by atoms with van der Waals surface area (Å²) in [6, 6.07) is 16.9. The zero-order chi connectivity index (χ0) is 18.8. The number of fused-ring (bicyclic) bond motifs is 1. The van der Waals surface area contributed by atoms with Crippen molar-refractivity contribution in [3.63, 3.8) is 0 Å². The van der Waals surface area contributed by atoms with Crippen LogP contribution in [0.15, 0.2) is 67.0 Å². The van der Waals surface area contributed by atoms with Crippen LogP contribution < -0.4 is 5.32 Å². The molecule has 0 saturated heterocycles. The molecule has 2 aromatic heterocycles. The van der Waals surface area contributed by atoms with Crippen LogP contribution in [0, 0.1) is 6.92 Å². The molecule has 27 heavy (non-hydrogen) atoms. The second-order valence-electron chi connectivity index (χ2n) is 6.23. The molecular formula is C21H17ClN4O. The lowest BCUT2D eigenvalue weighted by atomic mass is 10.1. The van der Waals surface area contributed by atoms with E-state index in [9.17, 15) is 4.79 Å². The first kappa shape index (κ1) is 17.2. The number of benzene rings is 2. The number of nitrogens with zero attached hydrogens (tertiary/aromatic N) is 3. The molecule has 2 aromatic carbocycles. The largest absolute Gasteiger partial charge is 0.326 e. The van der Waals surface area contributed by atoms with E-state index in [1.54, 1.807) is 12.3 Å². The van der Waals surface area contributed by atoms with Crippen molar-refractivity contribution in [2.75, 3.05) is 5.32 Å². The summed E-state index contributed by atoms with van der Waals surface area (Å²) in [6.45, 7) is 2.00. The second-order valence-corrected chi connectivity index (χ2v) is 6.64. The summed E-state index contributed by atoms with van der Waals surface area (Å²) in [7, 11) is 0. The van der Waals surface area contributed by atoms with Gasteiger partial charge in [-0.3, -0.25) is 9.20 Å². The van der Waals surface area contributed by atoms with Crippen molar-refractivity contribution >= 4 is 29.0 Å². The van der Waals surface area contributed by atoms with E-state index in [4.69, 9.17) is 11.6 Å². The molecule has 0 aliphatic carbocycles. The summed E-state index contributed by atoms with van der Waals surface area (Å²) >= 11 is 6.14. The predicted molar refractivity (Wildman–Crippen MR) is 107 cm³/mol. The van der Waals surface area contributed by atoms with Crippen LogP contribution in [-0.2, 0) is 11.2 Å². The van der Waals surface area contributed by atoms with E-state index in [0.29, 0.717) is 16.5 Å². The molecule has 0 spiro atoms. The van der Waals surface area contributed by atoms with Gasteiger partial charge in [0.2, 0.25) is 11.7 Å². The van der Waals surface area contributed by atoms with Gasteiger partial charge in [-0.2, -0.15) is 0 Å². The Hall–Kier alpha value is -3.18. The highest BCUT2D eigenvalue weighted by atomic mass is 35.5. The molecule has 134 valence electrons. The summed E-state index contributed by atoms with van der Waals surface area (Å²) in [5.41, 5.74) is 4.28. The minimum atomic E-state index is -0.117. The number of rotatable bonds is 4. The maximum absolute atomic E-state index is 12.4. The fraction of sp³-hybridized carbons (Fsp3) is 0.0952. The van der Waals surface area contributed by atoms with E-state index in [1.165, 1.54) is 0 Å². The normalized spacial score (nSPS) is 10.9. The average Bonchev–Trinajstić information content (AvgIpc) is 3.01. The molecule has 0 bridgehead atoms. The van der Waals surface area contributed by atoms with Crippen molar-refractivity contribution in [2.45, 2.75) is 13.3 Å². The Morgan fingerprint density at radius 1 is 1.15 bits per heavy atom. The molecule has 0 atom stereocenters. The highest BCUT2D eigenvalue weighted by molar-refractivity contribution is 6.31. The predicted octanol–water partition coefficient (Wildman–Crippen LogP) is 4.54. The lowest BCUT2D eigenvalue weighted by Gasteiger charge is -2.08. The molecule has 0 radical (unpaired) electrons. The van der Waals surface area contributed by atoms with Gasteiger partial charge >= 0.3 is 0 Å². The minimum absolute atomic E-state index is 0.117. The van der Waals surface area contributed by atoms with Crippen molar-refractivity contribution in [3.05, 3.63) is 83.3 Å².